The van der Waals surface area contributed by atoms with Crippen LogP contribution in [0.1, 0.15) is 53.4 Å². The topological polar surface area (TPSA) is 99.9 Å². The van der Waals surface area contributed by atoms with Crippen molar-refractivity contribution in [2.75, 3.05) is 25.0 Å². The molecule has 3 heterocycles. The van der Waals surface area contributed by atoms with Crippen LogP contribution in [-0.4, -0.2) is 50.8 Å². The molecule has 9 heteroatoms. The Kier molecular flexibility index (Phi) is 7.54. The third-order valence-corrected chi connectivity index (χ3v) is 6.00. The number of aromatic amines is 1. The van der Waals surface area contributed by atoms with Crippen molar-refractivity contribution in [3.8, 4) is 11.6 Å². The van der Waals surface area contributed by atoms with Crippen LogP contribution >= 0.6 is 11.6 Å². The Hall–Kier alpha value is -2.61. The van der Waals surface area contributed by atoms with Crippen LogP contribution in [0.5, 0.6) is 0 Å². The van der Waals surface area contributed by atoms with Crippen LogP contribution in [0.4, 0.5) is 6.01 Å². The number of halogens is 1. The van der Waals surface area contributed by atoms with Crippen molar-refractivity contribution in [2.24, 2.45) is 5.41 Å². The Balaban J connectivity index is 0.000000645. The van der Waals surface area contributed by atoms with Crippen molar-refractivity contribution in [1.82, 2.24) is 25.3 Å². The van der Waals surface area contributed by atoms with Crippen molar-refractivity contribution in [3.05, 3.63) is 23.2 Å². The smallest absolute Gasteiger partial charge is 0.316 e. The Bertz CT molecular complexity index is 1000. The minimum Gasteiger partial charge on any atom is -0.402 e. The number of piperidine rings is 1. The van der Waals surface area contributed by atoms with Crippen molar-refractivity contribution < 1.29 is 9.21 Å². The van der Waals surface area contributed by atoms with E-state index in [2.05, 4.69) is 25.7 Å². The summed E-state index contributed by atoms with van der Waals surface area (Å²) in [6.45, 7) is 9.83. The van der Waals surface area contributed by atoms with Gasteiger partial charge < -0.3 is 14.6 Å². The molecule has 5 rings (SSSR count). The molecule has 1 saturated heterocycles. The lowest BCUT2D eigenvalue weighted by Crippen LogP contribution is -2.41. The van der Waals surface area contributed by atoms with Crippen LogP contribution in [0.25, 0.3) is 22.5 Å². The predicted molar refractivity (Wildman–Crippen MR) is 123 cm³/mol. The fraction of sp³-hybridized carbons (Fsp3) is 0.545. The molecule has 0 bridgehead atoms. The number of amides is 1. The molecular weight excluding hydrogens is 416 g/mol. The molecule has 1 aliphatic carbocycles. The molecule has 0 atom stereocenters. The number of nitrogens with zero attached hydrogens (tertiary/aromatic N) is 4. The minimum atomic E-state index is 0.0593. The van der Waals surface area contributed by atoms with Gasteiger partial charge in [0.1, 0.15) is 11.2 Å². The normalized spacial score (nSPS) is 16.2. The van der Waals surface area contributed by atoms with Gasteiger partial charge in [-0.05, 0) is 37.2 Å². The number of aromatic nitrogens is 4. The van der Waals surface area contributed by atoms with Gasteiger partial charge in [-0.15, -0.1) is 5.10 Å². The average Bonchev–Trinajstić information content (AvgIpc) is 3.20. The van der Waals surface area contributed by atoms with Crippen molar-refractivity contribution in [3.63, 3.8) is 0 Å². The fourth-order valence-corrected chi connectivity index (χ4v) is 3.95. The predicted octanol–water partition coefficient (Wildman–Crippen LogP) is 5.13. The van der Waals surface area contributed by atoms with Gasteiger partial charge in [0.2, 0.25) is 5.91 Å². The number of anilines is 1. The SMILES string of the molecule is CC.CC.O=C(CNc1nnc(-c2[nH]nc3c(Cl)cccc23)o1)N1CCC2(CC1)CC2. The largest absolute Gasteiger partial charge is 0.402 e. The van der Waals surface area contributed by atoms with Gasteiger partial charge in [-0.25, -0.2) is 0 Å². The van der Waals surface area contributed by atoms with Crippen molar-refractivity contribution >= 4 is 34.4 Å². The second-order valence-electron chi connectivity index (χ2n) is 7.38. The molecule has 0 unspecified atom stereocenters. The summed E-state index contributed by atoms with van der Waals surface area (Å²) in [4.78, 5) is 14.3. The van der Waals surface area contributed by atoms with Crippen molar-refractivity contribution in [2.45, 2.75) is 53.4 Å². The van der Waals surface area contributed by atoms with E-state index in [9.17, 15) is 4.79 Å². The van der Waals surface area contributed by atoms with Gasteiger partial charge in [-0.2, -0.15) is 5.10 Å². The van der Waals surface area contributed by atoms with E-state index in [-0.39, 0.29) is 18.5 Å². The van der Waals surface area contributed by atoms with E-state index >= 15 is 0 Å². The van der Waals surface area contributed by atoms with E-state index in [0.717, 1.165) is 31.3 Å². The Labute approximate surface area is 187 Å². The number of carbonyl (C=O) groups excluding carboxylic acids is 1. The molecule has 3 aromatic rings. The summed E-state index contributed by atoms with van der Waals surface area (Å²) in [5.74, 6) is 0.354. The number of carbonyl (C=O) groups is 1. The lowest BCUT2D eigenvalue weighted by Gasteiger charge is -2.32. The number of rotatable bonds is 4. The zero-order valence-corrected chi connectivity index (χ0v) is 19.4. The first kappa shape index (κ1) is 23.1. The zero-order chi connectivity index (χ0) is 22.4. The second kappa shape index (κ2) is 10.1. The summed E-state index contributed by atoms with van der Waals surface area (Å²) in [6, 6.07) is 5.69. The van der Waals surface area contributed by atoms with Crippen LogP contribution in [0.2, 0.25) is 5.02 Å². The van der Waals surface area contributed by atoms with Gasteiger partial charge in [0.25, 0.3) is 5.89 Å². The first-order chi connectivity index (χ1) is 15.1. The van der Waals surface area contributed by atoms with E-state index in [1.807, 2.05) is 44.7 Å². The summed E-state index contributed by atoms with van der Waals surface area (Å²) >= 11 is 6.14. The third-order valence-electron chi connectivity index (χ3n) is 5.70. The van der Waals surface area contributed by atoms with Crippen LogP contribution < -0.4 is 5.32 Å². The number of likely N-dealkylation sites (tertiary alicyclic amines) is 1. The lowest BCUT2D eigenvalue weighted by molar-refractivity contribution is -0.130. The molecule has 1 aliphatic heterocycles. The van der Waals surface area contributed by atoms with E-state index < -0.39 is 0 Å². The molecule has 0 radical (unpaired) electrons. The lowest BCUT2D eigenvalue weighted by atomic mass is 9.94. The maximum absolute atomic E-state index is 12.4. The summed E-state index contributed by atoms with van der Waals surface area (Å²) in [7, 11) is 0. The molecular formula is C22H31ClN6O2. The number of hydrogen-bond donors (Lipinski definition) is 2. The molecule has 1 spiro atoms. The number of benzene rings is 1. The maximum Gasteiger partial charge on any atom is 0.316 e. The van der Waals surface area contributed by atoms with E-state index in [0.29, 0.717) is 27.5 Å². The average molecular weight is 447 g/mol. The molecule has 31 heavy (non-hydrogen) atoms. The molecule has 1 amide bonds. The van der Waals surface area contributed by atoms with Gasteiger partial charge in [-0.3, -0.25) is 9.89 Å². The Morgan fingerprint density at radius 3 is 2.55 bits per heavy atom. The van der Waals surface area contributed by atoms with E-state index in [1.165, 1.54) is 12.8 Å². The highest BCUT2D eigenvalue weighted by atomic mass is 35.5. The van der Waals surface area contributed by atoms with E-state index in [4.69, 9.17) is 16.0 Å². The number of para-hydroxylation sites is 1. The van der Waals surface area contributed by atoms with Crippen LogP contribution in [0, 0.1) is 5.41 Å². The van der Waals surface area contributed by atoms with Crippen molar-refractivity contribution in [1.29, 1.82) is 0 Å². The monoisotopic (exact) mass is 446 g/mol. The zero-order valence-electron chi connectivity index (χ0n) is 18.7. The number of fused-ring (bicyclic) bond motifs is 1. The molecule has 2 aromatic heterocycles. The standard InChI is InChI=1S/C18H19ClN6O2.2C2H6/c19-12-3-1-2-11-14(12)21-22-15(11)16-23-24-17(27-16)20-10-13(26)25-8-6-18(4-5-18)7-9-25;2*1-2/h1-3H,4-10H2,(H,20,24)(H,21,22);2*1-2H3. The molecule has 2 N–H and O–H groups in total. The van der Waals surface area contributed by atoms with Gasteiger partial charge in [0, 0.05) is 18.5 Å². The maximum atomic E-state index is 12.4. The van der Waals surface area contributed by atoms with Crippen LogP contribution in [0.3, 0.4) is 0 Å². The highest BCUT2D eigenvalue weighted by Crippen LogP contribution is 2.53. The number of H-pyrrole nitrogens is 1. The fourth-order valence-electron chi connectivity index (χ4n) is 3.73. The first-order valence-corrected chi connectivity index (χ1v) is 11.5. The minimum absolute atomic E-state index is 0.0593. The second-order valence-corrected chi connectivity index (χ2v) is 7.79. The summed E-state index contributed by atoms with van der Waals surface area (Å²) in [6.07, 6.45) is 4.90. The van der Waals surface area contributed by atoms with Crippen LogP contribution in [-0.2, 0) is 4.79 Å². The highest BCUT2D eigenvalue weighted by Gasteiger charge is 2.44. The molecule has 2 fully saturated rings. The first-order valence-electron chi connectivity index (χ1n) is 11.1. The van der Waals surface area contributed by atoms with Gasteiger partial charge >= 0.3 is 6.01 Å². The summed E-state index contributed by atoms with van der Waals surface area (Å²) in [5.41, 5.74) is 1.81. The summed E-state index contributed by atoms with van der Waals surface area (Å²) in [5, 5.41) is 19.4. The van der Waals surface area contributed by atoms with Gasteiger partial charge in [0.15, 0.2) is 0 Å². The van der Waals surface area contributed by atoms with E-state index in [1.54, 1.807) is 6.07 Å². The molecule has 168 valence electrons. The van der Waals surface area contributed by atoms with Gasteiger partial charge in [-0.1, -0.05) is 56.5 Å². The molecule has 1 saturated carbocycles. The molecule has 2 aliphatic rings. The Morgan fingerprint density at radius 1 is 1.16 bits per heavy atom. The third kappa shape index (κ3) is 5.01. The molecule has 1 aromatic carbocycles. The highest BCUT2D eigenvalue weighted by molar-refractivity contribution is 6.35. The number of hydrogen-bond acceptors (Lipinski definition) is 6. The van der Waals surface area contributed by atoms with Crippen LogP contribution in [0.15, 0.2) is 22.6 Å². The van der Waals surface area contributed by atoms with Gasteiger partial charge in [0.05, 0.1) is 11.6 Å². The number of nitrogens with one attached hydrogen (secondary N) is 2. The Morgan fingerprint density at radius 2 is 1.87 bits per heavy atom. The molecule has 8 nitrogen and oxygen atoms in total. The quantitative estimate of drug-likeness (QED) is 0.576. The summed E-state index contributed by atoms with van der Waals surface area (Å²) < 4.78 is 5.64.